The maximum atomic E-state index is 15.3. The molecular weight excluding hydrogens is 676 g/mol. The minimum Gasteiger partial charge on any atom is -0.508 e. The number of imide groups is 1. The van der Waals surface area contributed by atoms with Crippen molar-refractivity contribution in [3.05, 3.63) is 142 Å². The van der Waals surface area contributed by atoms with Gasteiger partial charge in [0.2, 0.25) is 11.8 Å². The number of methoxy groups -OCH3 is 2. The molecule has 1 N–H and O–H groups in total. The third-order valence-corrected chi connectivity index (χ3v) is 11.5. The molecule has 2 amide bonds. The number of benzene rings is 4. The van der Waals surface area contributed by atoms with Crippen molar-refractivity contribution in [1.82, 2.24) is 0 Å². The Labute approximate surface area is 304 Å². The Balaban J connectivity index is 1.39. The molecule has 4 aromatic rings. The molecular formula is C42H34N2O9. The lowest BCUT2D eigenvalue weighted by molar-refractivity contribution is -0.384. The van der Waals surface area contributed by atoms with Crippen molar-refractivity contribution in [3.63, 3.8) is 0 Å². The van der Waals surface area contributed by atoms with Gasteiger partial charge in [0.25, 0.3) is 5.69 Å². The van der Waals surface area contributed by atoms with Crippen molar-refractivity contribution >= 4 is 40.3 Å². The first kappa shape index (κ1) is 33.8. The molecule has 6 unspecified atom stereocenters. The van der Waals surface area contributed by atoms with Gasteiger partial charge in [0, 0.05) is 47.2 Å². The van der Waals surface area contributed by atoms with E-state index in [0.717, 1.165) is 4.90 Å². The van der Waals surface area contributed by atoms with Gasteiger partial charge in [-0.2, -0.15) is 0 Å². The van der Waals surface area contributed by atoms with Crippen LogP contribution in [0.15, 0.2) is 115 Å². The number of phenolic OH excluding ortho intramolecular Hbond substituents is 1. The summed E-state index contributed by atoms with van der Waals surface area (Å²) in [6, 6.07) is 26.3. The minimum absolute atomic E-state index is 0.0671. The van der Waals surface area contributed by atoms with Crippen LogP contribution < -0.4 is 14.4 Å². The second kappa shape index (κ2) is 12.7. The monoisotopic (exact) mass is 710 g/mol. The van der Waals surface area contributed by atoms with E-state index in [1.54, 1.807) is 24.3 Å². The molecule has 2 fully saturated rings. The van der Waals surface area contributed by atoms with Gasteiger partial charge in [-0.3, -0.25) is 29.3 Å². The first-order valence-electron chi connectivity index (χ1n) is 17.3. The SMILES string of the molecule is COc1cc(O)cc(OC)c1C1C2=CCC3C(=O)N(c4cccc([N+](=O)[O-])c4)C(=O)C3C2CC2C(=O)C(c3ccccc3)=CC(=O)C21c1ccccc1. The van der Waals surface area contributed by atoms with Gasteiger partial charge in [-0.25, -0.2) is 4.90 Å². The average molecular weight is 711 g/mol. The quantitative estimate of drug-likeness (QED) is 0.100. The summed E-state index contributed by atoms with van der Waals surface area (Å²) in [5.41, 5.74) is 0.792. The Kier molecular flexibility index (Phi) is 8.09. The number of hydrogen-bond acceptors (Lipinski definition) is 9. The van der Waals surface area contributed by atoms with Gasteiger partial charge >= 0.3 is 0 Å². The standard InChI is InChI=1S/C42H34N2O9/c1-52-33-19-27(45)20-34(53-2)37(33)38-28-16-17-29-36(41(49)43(40(29)48)25-14-9-15-26(18-25)44(50)51)31(28)21-32-39(47)30(23-10-5-3-6-11-23)22-35(46)42(32,38)24-12-7-4-8-13-24/h3-16,18-20,22,29,31-32,36,38,45H,17,21H2,1-2H3. The number of amides is 2. The number of allylic oxidation sites excluding steroid dienone is 4. The number of anilines is 1. The van der Waals surface area contributed by atoms with E-state index in [4.69, 9.17) is 9.47 Å². The number of aromatic hydroxyl groups is 1. The summed E-state index contributed by atoms with van der Waals surface area (Å²) < 4.78 is 11.8. The smallest absolute Gasteiger partial charge is 0.271 e. The van der Waals surface area contributed by atoms with Gasteiger partial charge in [-0.05, 0) is 42.0 Å². The van der Waals surface area contributed by atoms with E-state index in [1.165, 1.54) is 56.7 Å². The molecule has 0 bridgehead atoms. The molecule has 4 aliphatic rings. The maximum Gasteiger partial charge on any atom is 0.271 e. The Morgan fingerprint density at radius 2 is 1.49 bits per heavy atom. The Bertz CT molecular complexity index is 2260. The largest absolute Gasteiger partial charge is 0.508 e. The third-order valence-electron chi connectivity index (χ3n) is 11.5. The van der Waals surface area contributed by atoms with Crippen molar-refractivity contribution in [2.24, 2.45) is 23.7 Å². The molecule has 1 aliphatic heterocycles. The van der Waals surface area contributed by atoms with Crippen LogP contribution in [0.4, 0.5) is 11.4 Å². The van der Waals surface area contributed by atoms with E-state index < -0.39 is 51.7 Å². The highest BCUT2D eigenvalue weighted by Crippen LogP contribution is 2.65. The number of hydrogen-bond donors (Lipinski definition) is 1. The molecule has 1 saturated carbocycles. The number of nitrogens with zero attached hydrogens (tertiary/aromatic N) is 2. The Morgan fingerprint density at radius 1 is 0.830 bits per heavy atom. The molecule has 6 atom stereocenters. The molecule has 0 aromatic heterocycles. The highest BCUT2D eigenvalue weighted by Gasteiger charge is 2.66. The topological polar surface area (TPSA) is 153 Å². The summed E-state index contributed by atoms with van der Waals surface area (Å²) in [4.78, 5) is 71.3. The zero-order valence-electron chi connectivity index (χ0n) is 28.8. The van der Waals surface area contributed by atoms with E-state index in [0.29, 0.717) is 22.3 Å². The lowest BCUT2D eigenvalue weighted by atomic mass is 9.44. The fourth-order valence-electron chi connectivity index (χ4n) is 9.40. The highest BCUT2D eigenvalue weighted by molar-refractivity contribution is 6.32. The van der Waals surface area contributed by atoms with Crippen LogP contribution in [0.1, 0.15) is 35.4 Å². The molecule has 3 aliphatic carbocycles. The number of nitro benzene ring substituents is 1. The summed E-state index contributed by atoms with van der Waals surface area (Å²) in [5, 5.41) is 22.4. The summed E-state index contributed by atoms with van der Waals surface area (Å²) in [7, 11) is 2.88. The summed E-state index contributed by atoms with van der Waals surface area (Å²) in [5.74, 6) is -5.70. The normalized spacial score (nSPS) is 26.2. The van der Waals surface area contributed by atoms with Gasteiger partial charge in [0.15, 0.2) is 11.6 Å². The Morgan fingerprint density at radius 3 is 2.13 bits per heavy atom. The predicted molar refractivity (Wildman–Crippen MR) is 193 cm³/mol. The molecule has 11 heteroatoms. The first-order chi connectivity index (χ1) is 25.6. The number of nitro groups is 1. The van der Waals surface area contributed by atoms with Crippen LogP contribution in [-0.2, 0) is 24.6 Å². The maximum absolute atomic E-state index is 15.3. The van der Waals surface area contributed by atoms with E-state index in [2.05, 4.69) is 0 Å². The average Bonchev–Trinajstić information content (AvgIpc) is 3.44. The molecule has 0 spiro atoms. The number of Topliss-reactive ketones (excluding diaryl/α,β-unsaturated/α-hetero) is 1. The second-order valence-electron chi connectivity index (χ2n) is 13.8. The van der Waals surface area contributed by atoms with Crippen LogP contribution >= 0.6 is 0 Å². The molecule has 4 aromatic carbocycles. The number of non-ortho nitro benzene ring substituents is 1. The number of phenols is 1. The predicted octanol–water partition coefficient (Wildman–Crippen LogP) is 6.35. The minimum atomic E-state index is -1.55. The lowest BCUT2D eigenvalue weighted by Crippen LogP contribution is -2.59. The highest BCUT2D eigenvalue weighted by atomic mass is 16.6. The first-order valence-corrected chi connectivity index (χ1v) is 17.3. The fourth-order valence-corrected chi connectivity index (χ4v) is 9.40. The van der Waals surface area contributed by atoms with E-state index in [9.17, 15) is 24.8 Å². The number of carbonyl (C=O) groups excluding carboxylic acids is 4. The van der Waals surface area contributed by atoms with Gasteiger partial charge in [0.1, 0.15) is 17.2 Å². The zero-order chi connectivity index (χ0) is 37.2. The van der Waals surface area contributed by atoms with Crippen molar-refractivity contribution in [2.75, 3.05) is 19.1 Å². The summed E-state index contributed by atoms with van der Waals surface area (Å²) >= 11 is 0. The summed E-state index contributed by atoms with van der Waals surface area (Å²) in [6.07, 6.45) is 3.54. The van der Waals surface area contributed by atoms with Crippen LogP contribution in [0.25, 0.3) is 5.57 Å². The number of carbonyl (C=O) groups is 4. The fraction of sp³-hybridized carbons (Fsp3) is 0.238. The molecule has 0 radical (unpaired) electrons. The molecule has 1 heterocycles. The van der Waals surface area contributed by atoms with Gasteiger partial charge in [-0.1, -0.05) is 78.4 Å². The lowest BCUT2D eigenvalue weighted by Gasteiger charge is -2.55. The van der Waals surface area contributed by atoms with Crippen LogP contribution in [0.3, 0.4) is 0 Å². The molecule has 8 rings (SSSR count). The van der Waals surface area contributed by atoms with E-state index in [-0.39, 0.29) is 58.6 Å². The van der Waals surface area contributed by atoms with Crippen molar-refractivity contribution in [2.45, 2.75) is 24.2 Å². The van der Waals surface area contributed by atoms with Crippen LogP contribution in [-0.4, -0.2) is 47.6 Å². The molecule has 53 heavy (non-hydrogen) atoms. The molecule has 1 saturated heterocycles. The number of rotatable bonds is 7. The number of fused-ring (bicyclic) bond motifs is 4. The second-order valence-corrected chi connectivity index (χ2v) is 13.8. The summed E-state index contributed by atoms with van der Waals surface area (Å²) in [6.45, 7) is 0. The van der Waals surface area contributed by atoms with Crippen molar-refractivity contribution < 1.29 is 38.7 Å². The van der Waals surface area contributed by atoms with Crippen LogP contribution in [0, 0.1) is 33.8 Å². The zero-order valence-corrected chi connectivity index (χ0v) is 28.8. The van der Waals surface area contributed by atoms with E-state index in [1.807, 2.05) is 42.5 Å². The molecule has 11 nitrogen and oxygen atoms in total. The number of ketones is 2. The number of ether oxygens (including phenoxy) is 2. The van der Waals surface area contributed by atoms with Gasteiger partial charge < -0.3 is 14.6 Å². The molecule has 266 valence electrons. The van der Waals surface area contributed by atoms with Crippen LogP contribution in [0.5, 0.6) is 17.2 Å². The Hall–Kier alpha value is -6.36. The van der Waals surface area contributed by atoms with Crippen LogP contribution in [0.2, 0.25) is 0 Å². The third kappa shape index (κ3) is 4.94. The van der Waals surface area contributed by atoms with E-state index >= 15 is 9.59 Å². The van der Waals surface area contributed by atoms with Crippen molar-refractivity contribution in [3.8, 4) is 17.2 Å². The van der Waals surface area contributed by atoms with Crippen molar-refractivity contribution in [1.29, 1.82) is 0 Å². The van der Waals surface area contributed by atoms with Gasteiger partial charge in [0.05, 0.1) is 42.1 Å². The van der Waals surface area contributed by atoms with Gasteiger partial charge in [-0.15, -0.1) is 0 Å².